The molecule has 2 aromatic carbocycles. The standard InChI is InChI=1S/C18H17N3O5/c1-26-10-9-19-17(22)15-11-14(21(24)25)7-8-16(15)20(18(19)23)12-13-5-3-2-4-6-13/h2-8,11H,9-10,12H2,1H3. The van der Waals surface area contributed by atoms with E-state index < -0.39 is 16.2 Å². The van der Waals surface area contributed by atoms with Gasteiger partial charge in [-0.05, 0) is 11.6 Å². The molecule has 8 nitrogen and oxygen atoms in total. The number of nitrogens with zero attached hydrogens (tertiary/aromatic N) is 3. The SMILES string of the molecule is COCCn1c(=O)c2cc([N+](=O)[O-])ccc2n(Cc2ccccc2)c1=O. The minimum Gasteiger partial charge on any atom is -0.383 e. The topological polar surface area (TPSA) is 96.4 Å². The maximum Gasteiger partial charge on any atom is 0.331 e. The van der Waals surface area contributed by atoms with Gasteiger partial charge in [0.25, 0.3) is 11.2 Å². The fourth-order valence-corrected chi connectivity index (χ4v) is 2.82. The monoisotopic (exact) mass is 355 g/mol. The molecule has 134 valence electrons. The van der Waals surface area contributed by atoms with Crippen molar-refractivity contribution in [3.05, 3.63) is 85.0 Å². The first-order valence-corrected chi connectivity index (χ1v) is 7.97. The summed E-state index contributed by atoms with van der Waals surface area (Å²) in [6, 6.07) is 13.3. The van der Waals surface area contributed by atoms with Crippen molar-refractivity contribution in [2.45, 2.75) is 13.1 Å². The van der Waals surface area contributed by atoms with Gasteiger partial charge < -0.3 is 4.74 Å². The van der Waals surface area contributed by atoms with Gasteiger partial charge in [-0.15, -0.1) is 0 Å². The summed E-state index contributed by atoms with van der Waals surface area (Å²) < 4.78 is 7.48. The molecule has 0 N–H and O–H groups in total. The summed E-state index contributed by atoms with van der Waals surface area (Å²) in [5.74, 6) is 0. The van der Waals surface area contributed by atoms with Crippen LogP contribution in [0.4, 0.5) is 5.69 Å². The summed E-state index contributed by atoms with van der Waals surface area (Å²) in [6.45, 7) is 0.504. The van der Waals surface area contributed by atoms with Gasteiger partial charge in [-0.3, -0.25) is 24.0 Å². The first kappa shape index (κ1) is 17.6. The van der Waals surface area contributed by atoms with Gasteiger partial charge in [0, 0.05) is 19.2 Å². The Bertz CT molecular complexity index is 1070. The molecule has 0 aliphatic rings. The van der Waals surface area contributed by atoms with E-state index in [1.807, 2.05) is 30.3 Å². The van der Waals surface area contributed by atoms with E-state index in [4.69, 9.17) is 4.74 Å². The molecule has 0 unspecified atom stereocenters. The van der Waals surface area contributed by atoms with Crippen LogP contribution in [-0.2, 0) is 17.8 Å². The van der Waals surface area contributed by atoms with Crippen LogP contribution in [-0.4, -0.2) is 27.8 Å². The van der Waals surface area contributed by atoms with Gasteiger partial charge in [0.05, 0.1) is 35.5 Å². The lowest BCUT2D eigenvalue weighted by atomic mass is 10.2. The van der Waals surface area contributed by atoms with E-state index in [9.17, 15) is 19.7 Å². The first-order chi connectivity index (χ1) is 12.5. The van der Waals surface area contributed by atoms with Crippen molar-refractivity contribution in [1.29, 1.82) is 0 Å². The largest absolute Gasteiger partial charge is 0.383 e. The van der Waals surface area contributed by atoms with Gasteiger partial charge in [-0.1, -0.05) is 30.3 Å². The number of fused-ring (bicyclic) bond motifs is 1. The third kappa shape index (κ3) is 3.27. The molecule has 3 rings (SSSR count). The lowest BCUT2D eigenvalue weighted by Crippen LogP contribution is -2.41. The van der Waals surface area contributed by atoms with Crippen LogP contribution in [0.1, 0.15) is 5.56 Å². The molecule has 0 spiro atoms. The number of ether oxygens (including phenoxy) is 1. The zero-order valence-corrected chi connectivity index (χ0v) is 14.1. The number of methoxy groups -OCH3 is 1. The van der Waals surface area contributed by atoms with E-state index in [0.717, 1.165) is 10.1 Å². The Balaban J connectivity index is 2.28. The molecule has 0 fully saturated rings. The second-order valence-corrected chi connectivity index (χ2v) is 5.76. The molecule has 0 aliphatic carbocycles. The van der Waals surface area contributed by atoms with Crippen LogP contribution in [0.25, 0.3) is 10.9 Å². The van der Waals surface area contributed by atoms with Crippen molar-refractivity contribution in [3.8, 4) is 0 Å². The lowest BCUT2D eigenvalue weighted by molar-refractivity contribution is -0.384. The van der Waals surface area contributed by atoms with Crippen molar-refractivity contribution in [2.75, 3.05) is 13.7 Å². The highest BCUT2D eigenvalue weighted by Gasteiger charge is 2.16. The molecular weight excluding hydrogens is 338 g/mol. The smallest absolute Gasteiger partial charge is 0.331 e. The van der Waals surface area contributed by atoms with Crippen LogP contribution in [0.5, 0.6) is 0 Å². The van der Waals surface area contributed by atoms with Crippen molar-refractivity contribution >= 4 is 16.6 Å². The van der Waals surface area contributed by atoms with Gasteiger partial charge >= 0.3 is 5.69 Å². The molecule has 0 bridgehead atoms. The molecule has 0 atom stereocenters. The maximum absolute atomic E-state index is 12.9. The molecule has 0 radical (unpaired) electrons. The molecule has 0 aliphatic heterocycles. The predicted octanol–water partition coefficient (Wildman–Crippen LogP) is 1.77. The molecular formula is C18H17N3O5. The Morgan fingerprint density at radius 2 is 1.81 bits per heavy atom. The van der Waals surface area contributed by atoms with Crippen molar-refractivity contribution in [2.24, 2.45) is 0 Å². The normalized spacial score (nSPS) is 11.0. The van der Waals surface area contributed by atoms with E-state index in [-0.39, 0.29) is 30.8 Å². The average molecular weight is 355 g/mol. The summed E-state index contributed by atoms with van der Waals surface area (Å²) in [4.78, 5) is 36.1. The second-order valence-electron chi connectivity index (χ2n) is 5.76. The van der Waals surface area contributed by atoms with E-state index in [1.54, 1.807) is 0 Å². The quantitative estimate of drug-likeness (QED) is 0.496. The fraction of sp³-hybridized carbons (Fsp3) is 0.222. The number of benzene rings is 2. The van der Waals surface area contributed by atoms with Gasteiger partial charge in [-0.2, -0.15) is 0 Å². The molecule has 1 heterocycles. The minimum absolute atomic E-state index is 0.0710. The van der Waals surface area contributed by atoms with Crippen LogP contribution in [0.3, 0.4) is 0 Å². The van der Waals surface area contributed by atoms with Crippen LogP contribution >= 0.6 is 0 Å². The van der Waals surface area contributed by atoms with Crippen molar-refractivity contribution < 1.29 is 9.66 Å². The number of rotatable bonds is 6. The number of nitro benzene ring substituents is 1. The number of nitro groups is 1. The van der Waals surface area contributed by atoms with E-state index in [0.29, 0.717) is 5.52 Å². The summed E-state index contributed by atoms with van der Waals surface area (Å²) in [5, 5.41) is 11.2. The van der Waals surface area contributed by atoms with Gasteiger partial charge in [0.1, 0.15) is 0 Å². The third-order valence-electron chi connectivity index (χ3n) is 4.12. The Hall–Kier alpha value is -3.26. The summed E-state index contributed by atoms with van der Waals surface area (Å²) >= 11 is 0. The predicted molar refractivity (Wildman–Crippen MR) is 96.5 cm³/mol. The van der Waals surface area contributed by atoms with Crippen LogP contribution in [0, 0.1) is 10.1 Å². The second kappa shape index (κ2) is 7.32. The number of aromatic nitrogens is 2. The zero-order valence-electron chi connectivity index (χ0n) is 14.1. The van der Waals surface area contributed by atoms with Crippen LogP contribution in [0.15, 0.2) is 58.1 Å². The molecule has 26 heavy (non-hydrogen) atoms. The minimum atomic E-state index is -0.564. The maximum atomic E-state index is 12.9. The highest BCUT2D eigenvalue weighted by Crippen LogP contribution is 2.18. The number of non-ortho nitro benzene ring substituents is 1. The van der Waals surface area contributed by atoms with Crippen LogP contribution < -0.4 is 11.2 Å². The number of hydrogen-bond acceptors (Lipinski definition) is 5. The molecule has 8 heteroatoms. The van der Waals surface area contributed by atoms with Gasteiger partial charge in [0.15, 0.2) is 0 Å². The molecule has 1 aromatic heterocycles. The van der Waals surface area contributed by atoms with E-state index in [2.05, 4.69) is 0 Å². The molecule has 0 amide bonds. The Kier molecular flexibility index (Phi) is 4.94. The average Bonchev–Trinajstić information content (AvgIpc) is 2.65. The van der Waals surface area contributed by atoms with Crippen molar-refractivity contribution in [1.82, 2.24) is 9.13 Å². The summed E-state index contributed by atoms with van der Waals surface area (Å²) in [6.07, 6.45) is 0. The zero-order chi connectivity index (χ0) is 18.7. The third-order valence-corrected chi connectivity index (χ3v) is 4.12. The molecule has 0 saturated carbocycles. The highest BCUT2D eigenvalue weighted by atomic mass is 16.6. The lowest BCUT2D eigenvalue weighted by Gasteiger charge is -2.14. The van der Waals surface area contributed by atoms with Crippen molar-refractivity contribution in [3.63, 3.8) is 0 Å². The van der Waals surface area contributed by atoms with Crippen LogP contribution in [0.2, 0.25) is 0 Å². The Morgan fingerprint density at radius 1 is 1.08 bits per heavy atom. The molecule has 3 aromatic rings. The van der Waals surface area contributed by atoms with Gasteiger partial charge in [-0.25, -0.2) is 4.79 Å². The van der Waals surface area contributed by atoms with Gasteiger partial charge in [0.2, 0.25) is 0 Å². The van der Waals surface area contributed by atoms with E-state index in [1.165, 1.54) is 29.9 Å². The number of hydrogen-bond donors (Lipinski definition) is 0. The fourth-order valence-electron chi connectivity index (χ4n) is 2.82. The summed E-state index contributed by atoms with van der Waals surface area (Å²) in [5.41, 5.74) is 0.0134. The molecule has 0 saturated heterocycles. The first-order valence-electron chi connectivity index (χ1n) is 7.97. The Morgan fingerprint density at radius 3 is 2.46 bits per heavy atom. The summed E-state index contributed by atoms with van der Waals surface area (Å²) in [7, 11) is 1.47. The Labute approximate surface area is 148 Å². The highest BCUT2D eigenvalue weighted by molar-refractivity contribution is 5.80. The van der Waals surface area contributed by atoms with E-state index >= 15 is 0 Å².